The highest BCUT2D eigenvalue weighted by molar-refractivity contribution is 6.31. The Labute approximate surface area is 347 Å². The molecule has 5 amide bonds. The summed E-state index contributed by atoms with van der Waals surface area (Å²) in [5.74, 6) is 5.48. The molecule has 6 aliphatic rings. The molecule has 1 aliphatic carbocycles. The van der Waals surface area contributed by atoms with Gasteiger partial charge in [0, 0.05) is 73.2 Å². The van der Waals surface area contributed by atoms with Gasteiger partial charge in [-0.05, 0) is 67.6 Å². The molecule has 0 spiro atoms. The van der Waals surface area contributed by atoms with E-state index < -0.39 is 29.7 Å². The second-order valence-electron chi connectivity index (χ2n) is 17.7. The van der Waals surface area contributed by atoms with E-state index >= 15 is 0 Å². The standard InChI is InChI=1S/C45H44ClN7O6/c1-44(2)42(45(3,4)43(44)59-30-10-6-26(21-47)34(46)20-30)52-24-35-32(39(52)56)11-8-27(48-35)7-5-25-22-51(23-25)28-15-17-50(18-16-28)29-9-12-31-33(19-29)41(58)53(40(31)57)36-13-14-37(54)49-38(36)55/h6,8-12,19-20,25,28,36,42-43H,13-18,22-24H2,1-4H3,(H,49,54,55). The summed E-state index contributed by atoms with van der Waals surface area (Å²) in [6.07, 6.45) is 1.92. The lowest BCUT2D eigenvalue weighted by atomic mass is 9.49. The number of hydrogen-bond donors (Lipinski definition) is 1. The number of rotatable bonds is 6. The van der Waals surface area contributed by atoms with Crippen LogP contribution in [0, 0.1) is 39.9 Å². The Bertz CT molecular complexity index is 2440. The van der Waals surface area contributed by atoms with Gasteiger partial charge in [-0.3, -0.25) is 39.1 Å². The SMILES string of the molecule is CC1(C)C(Oc2ccc(C#N)c(Cl)c2)C(C)(C)C1N1Cc2nc(C#CC3CN(C4CCN(c5ccc6c(c5)C(=O)N(C5CCC(=O)NC5=O)C6=O)CC4)C3)ccc2C1=O. The average Bonchev–Trinajstić information content (AvgIpc) is 3.63. The Morgan fingerprint density at radius 3 is 2.27 bits per heavy atom. The lowest BCUT2D eigenvalue weighted by Crippen LogP contribution is -2.74. The predicted octanol–water partition coefficient (Wildman–Crippen LogP) is 4.80. The van der Waals surface area contributed by atoms with Gasteiger partial charge in [0.05, 0.1) is 39.5 Å². The van der Waals surface area contributed by atoms with E-state index in [2.05, 4.69) is 60.7 Å². The van der Waals surface area contributed by atoms with Crippen LogP contribution in [0.1, 0.15) is 101 Å². The Morgan fingerprint density at radius 1 is 0.864 bits per heavy atom. The summed E-state index contributed by atoms with van der Waals surface area (Å²) in [4.78, 5) is 76.8. The largest absolute Gasteiger partial charge is 0.489 e. The number of nitrogens with one attached hydrogen (secondary N) is 1. The van der Waals surface area contributed by atoms with E-state index in [1.165, 1.54) is 0 Å². The third-order valence-corrected chi connectivity index (χ3v) is 13.6. The van der Waals surface area contributed by atoms with Gasteiger partial charge in [0.15, 0.2) is 0 Å². The first-order valence-corrected chi connectivity index (χ1v) is 20.6. The molecular weight excluding hydrogens is 770 g/mol. The van der Waals surface area contributed by atoms with Crippen LogP contribution in [-0.2, 0) is 16.1 Å². The quantitative estimate of drug-likeness (QED) is 0.271. The normalized spacial score (nSPS) is 25.1. The molecule has 14 heteroatoms. The van der Waals surface area contributed by atoms with Crippen LogP contribution in [-0.4, -0.2) is 99.6 Å². The van der Waals surface area contributed by atoms with Gasteiger partial charge in [-0.15, -0.1) is 0 Å². The molecule has 1 unspecified atom stereocenters. The maximum atomic E-state index is 13.8. The number of pyridine rings is 1. The zero-order valence-corrected chi connectivity index (χ0v) is 34.1. The van der Waals surface area contributed by atoms with Gasteiger partial charge < -0.3 is 14.5 Å². The number of carbonyl (C=O) groups is 5. The van der Waals surface area contributed by atoms with Gasteiger partial charge in [-0.1, -0.05) is 45.2 Å². The van der Waals surface area contributed by atoms with Crippen molar-refractivity contribution in [3.8, 4) is 23.7 Å². The maximum Gasteiger partial charge on any atom is 0.262 e. The summed E-state index contributed by atoms with van der Waals surface area (Å²) in [5, 5.41) is 11.8. The molecule has 1 aromatic heterocycles. The molecule has 1 N–H and O–H groups in total. The molecule has 6 heterocycles. The number of amides is 5. The van der Waals surface area contributed by atoms with Crippen LogP contribution in [0.25, 0.3) is 0 Å². The zero-order chi connectivity index (χ0) is 41.5. The van der Waals surface area contributed by atoms with Gasteiger partial charge in [0.25, 0.3) is 17.7 Å². The third-order valence-electron chi connectivity index (χ3n) is 13.3. The second kappa shape index (κ2) is 14.2. The van der Waals surface area contributed by atoms with Gasteiger partial charge >= 0.3 is 0 Å². The number of nitriles is 1. The van der Waals surface area contributed by atoms with Crippen LogP contribution in [0.15, 0.2) is 48.5 Å². The summed E-state index contributed by atoms with van der Waals surface area (Å²) in [6, 6.07) is 15.5. The van der Waals surface area contributed by atoms with Crippen LogP contribution in [0.2, 0.25) is 5.02 Å². The molecule has 0 bridgehead atoms. The summed E-state index contributed by atoms with van der Waals surface area (Å²) >= 11 is 6.28. The number of imide groups is 2. The van der Waals surface area contributed by atoms with E-state index in [4.69, 9.17) is 21.3 Å². The number of hydrogen-bond acceptors (Lipinski definition) is 10. The molecular formula is C45H44ClN7O6. The number of benzene rings is 2. The molecule has 0 radical (unpaired) electrons. The highest BCUT2D eigenvalue weighted by atomic mass is 35.5. The minimum Gasteiger partial charge on any atom is -0.489 e. The summed E-state index contributed by atoms with van der Waals surface area (Å²) in [7, 11) is 0. The van der Waals surface area contributed by atoms with Crippen LogP contribution in [0.4, 0.5) is 5.69 Å². The number of fused-ring (bicyclic) bond motifs is 2. The number of halogens is 1. The highest BCUT2D eigenvalue weighted by Crippen LogP contribution is 2.59. The third kappa shape index (κ3) is 6.43. The first kappa shape index (κ1) is 38.7. The predicted molar refractivity (Wildman–Crippen MR) is 216 cm³/mol. The number of nitrogens with zero attached hydrogens (tertiary/aromatic N) is 6. The lowest BCUT2D eigenvalue weighted by molar-refractivity contribution is -0.199. The van der Waals surface area contributed by atoms with Crippen molar-refractivity contribution in [1.29, 1.82) is 5.26 Å². The summed E-state index contributed by atoms with van der Waals surface area (Å²) in [6.45, 7) is 12.3. The number of likely N-dealkylation sites (tertiary alicyclic amines) is 1. The van der Waals surface area contributed by atoms with E-state index in [-0.39, 0.29) is 53.2 Å². The average molecular weight is 814 g/mol. The van der Waals surface area contributed by atoms with Gasteiger partial charge in [0.2, 0.25) is 11.8 Å². The van der Waals surface area contributed by atoms with Crippen LogP contribution in [0.5, 0.6) is 5.75 Å². The molecule has 5 aliphatic heterocycles. The minimum atomic E-state index is -0.983. The van der Waals surface area contributed by atoms with Crippen LogP contribution < -0.4 is 15.0 Å². The molecule has 302 valence electrons. The Hall–Kier alpha value is -5.76. The minimum absolute atomic E-state index is 0.0325. The van der Waals surface area contributed by atoms with Crippen LogP contribution >= 0.6 is 11.6 Å². The van der Waals surface area contributed by atoms with E-state index in [0.717, 1.165) is 55.3 Å². The van der Waals surface area contributed by atoms with Crippen molar-refractivity contribution < 1.29 is 28.7 Å². The van der Waals surface area contributed by atoms with E-state index in [9.17, 15) is 29.2 Å². The van der Waals surface area contributed by atoms with Crippen molar-refractivity contribution in [3.63, 3.8) is 0 Å². The summed E-state index contributed by atoms with van der Waals surface area (Å²) < 4.78 is 6.46. The Kier molecular flexibility index (Phi) is 9.33. The van der Waals surface area contributed by atoms with Crippen molar-refractivity contribution >= 4 is 46.8 Å². The molecule has 3 aromatic rings. The molecule has 1 atom stereocenters. The summed E-state index contributed by atoms with van der Waals surface area (Å²) in [5.41, 5.74) is 3.11. The molecule has 3 saturated heterocycles. The molecule has 13 nitrogen and oxygen atoms in total. The second-order valence-corrected chi connectivity index (χ2v) is 18.1. The smallest absolute Gasteiger partial charge is 0.262 e. The lowest BCUT2D eigenvalue weighted by Gasteiger charge is -2.65. The first-order valence-electron chi connectivity index (χ1n) is 20.2. The fourth-order valence-electron chi connectivity index (χ4n) is 10.7. The Morgan fingerprint density at radius 2 is 1.58 bits per heavy atom. The van der Waals surface area contributed by atoms with Gasteiger partial charge in [-0.2, -0.15) is 5.26 Å². The van der Waals surface area contributed by atoms with Gasteiger partial charge in [-0.25, -0.2) is 4.98 Å². The highest BCUT2D eigenvalue weighted by Gasteiger charge is 2.67. The molecule has 9 rings (SSSR count). The maximum absolute atomic E-state index is 13.8. The van der Waals surface area contributed by atoms with Crippen LogP contribution in [0.3, 0.4) is 0 Å². The van der Waals surface area contributed by atoms with Crippen molar-refractivity contribution in [3.05, 3.63) is 87.2 Å². The zero-order valence-electron chi connectivity index (χ0n) is 33.4. The van der Waals surface area contributed by atoms with E-state index in [1.807, 2.05) is 23.1 Å². The monoisotopic (exact) mass is 813 g/mol. The first-order chi connectivity index (χ1) is 28.1. The van der Waals surface area contributed by atoms with Gasteiger partial charge in [0.1, 0.15) is 29.7 Å². The van der Waals surface area contributed by atoms with Crippen molar-refractivity contribution in [2.24, 2.45) is 16.7 Å². The number of piperidine rings is 2. The number of anilines is 1. The Balaban J connectivity index is 0.776. The fraction of sp³-hybridized carbons (Fsp3) is 0.444. The number of aromatic nitrogens is 1. The van der Waals surface area contributed by atoms with E-state index in [0.29, 0.717) is 45.7 Å². The molecule has 1 saturated carbocycles. The molecule has 2 aromatic carbocycles. The number of ether oxygens (including phenoxy) is 1. The fourth-order valence-corrected chi connectivity index (χ4v) is 10.9. The topological polar surface area (TPSA) is 156 Å². The number of carbonyl (C=O) groups excluding carboxylic acids is 5. The van der Waals surface area contributed by atoms with Crippen molar-refractivity contribution in [2.75, 3.05) is 31.1 Å². The molecule has 59 heavy (non-hydrogen) atoms. The van der Waals surface area contributed by atoms with E-state index in [1.54, 1.807) is 30.3 Å². The molecule has 4 fully saturated rings. The van der Waals surface area contributed by atoms with Crippen molar-refractivity contribution in [1.82, 2.24) is 25.0 Å². The van der Waals surface area contributed by atoms with Crippen molar-refractivity contribution in [2.45, 2.75) is 84.2 Å².